The molecule has 0 aliphatic heterocycles. The molecule has 0 atom stereocenters. The molecule has 178 valence electrons. The standard InChI is InChI=1S/C34H30O2/c1-3-11-21-13-9-19-27-29(21)31(23-15-5-7-17-25(23)33(27)35)32-24-16-6-8-18-26(24)34(36)28-20-10-14-22(12-4-2)30(28)32/h5-10,13-20,35-36H,3-4,11-12H2,1-2H3. The van der Waals surface area contributed by atoms with Gasteiger partial charge >= 0.3 is 0 Å². The van der Waals surface area contributed by atoms with Crippen LogP contribution < -0.4 is 0 Å². The van der Waals surface area contributed by atoms with Gasteiger partial charge in [0.25, 0.3) is 0 Å². The molecule has 2 heteroatoms. The van der Waals surface area contributed by atoms with Crippen molar-refractivity contribution in [1.29, 1.82) is 0 Å². The zero-order valence-electron chi connectivity index (χ0n) is 20.8. The van der Waals surface area contributed by atoms with Crippen LogP contribution in [0.1, 0.15) is 37.8 Å². The van der Waals surface area contributed by atoms with Gasteiger partial charge in [0.2, 0.25) is 0 Å². The van der Waals surface area contributed by atoms with Crippen molar-refractivity contribution in [2.75, 3.05) is 0 Å². The fraction of sp³-hybridized carbons (Fsp3) is 0.176. The number of phenolic OH excluding ortho intramolecular Hbond substituents is 2. The number of fused-ring (bicyclic) bond motifs is 4. The van der Waals surface area contributed by atoms with Crippen molar-refractivity contribution < 1.29 is 10.2 Å². The minimum atomic E-state index is 0.337. The largest absolute Gasteiger partial charge is 0.507 e. The van der Waals surface area contributed by atoms with E-state index in [1.165, 1.54) is 11.1 Å². The molecule has 0 bridgehead atoms. The van der Waals surface area contributed by atoms with E-state index in [2.05, 4.69) is 62.4 Å². The Morgan fingerprint density at radius 1 is 0.444 bits per heavy atom. The lowest BCUT2D eigenvalue weighted by atomic mass is 9.82. The normalized spacial score (nSPS) is 11.7. The lowest BCUT2D eigenvalue weighted by Crippen LogP contribution is -1.97. The summed E-state index contributed by atoms with van der Waals surface area (Å²) in [6, 6.07) is 28.9. The second kappa shape index (κ2) is 8.87. The summed E-state index contributed by atoms with van der Waals surface area (Å²) in [6.07, 6.45) is 3.89. The molecule has 6 aromatic rings. The molecule has 0 fully saturated rings. The minimum absolute atomic E-state index is 0.337. The van der Waals surface area contributed by atoms with E-state index in [-0.39, 0.29) is 0 Å². The van der Waals surface area contributed by atoms with Crippen LogP contribution in [0, 0.1) is 0 Å². The van der Waals surface area contributed by atoms with Crippen LogP contribution in [0.15, 0.2) is 84.9 Å². The van der Waals surface area contributed by atoms with Crippen molar-refractivity contribution in [2.24, 2.45) is 0 Å². The average molecular weight is 471 g/mol. The molecule has 0 saturated heterocycles. The molecule has 2 N–H and O–H groups in total. The molecule has 0 aliphatic carbocycles. The monoisotopic (exact) mass is 470 g/mol. The quantitative estimate of drug-likeness (QED) is 0.246. The predicted molar refractivity (Wildman–Crippen MR) is 153 cm³/mol. The Bertz CT molecular complexity index is 1650. The molecule has 0 amide bonds. The van der Waals surface area contributed by atoms with E-state index in [1.807, 2.05) is 36.4 Å². The van der Waals surface area contributed by atoms with Crippen LogP contribution >= 0.6 is 0 Å². The smallest absolute Gasteiger partial charge is 0.131 e. The molecule has 6 aromatic carbocycles. The molecular formula is C34H30O2. The maximum Gasteiger partial charge on any atom is 0.131 e. The van der Waals surface area contributed by atoms with E-state index in [9.17, 15) is 10.2 Å². The first-order valence-corrected chi connectivity index (χ1v) is 13.0. The fourth-order valence-electron chi connectivity index (χ4n) is 6.03. The highest BCUT2D eigenvalue weighted by Crippen LogP contribution is 2.50. The second-order valence-electron chi connectivity index (χ2n) is 9.72. The molecule has 0 saturated carbocycles. The second-order valence-corrected chi connectivity index (χ2v) is 9.72. The number of rotatable bonds is 5. The highest BCUT2D eigenvalue weighted by Gasteiger charge is 2.23. The molecule has 0 unspecified atom stereocenters. The first kappa shape index (κ1) is 22.4. The van der Waals surface area contributed by atoms with Gasteiger partial charge in [0.1, 0.15) is 11.5 Å². The maximum atomic E-state index is 11.4. The zero-order chi connectivity index (χ0) is 24.8. The van der Waals surface area contributed by atoms with Crippen LogP contribution in [0.2, 0.25) is 0 Å². The SMILES string of the molecule is CCCc1cccc2c(O)c3ccccc3c(-c3c4ccccc4c(O)c4cccc(CCC)c34)c12. The van der Waals surface area contributed by atoms with Gasteiger partial charge in [-0.3, -0.25) is 0 Å². The molecule has 2 nitrogen and oxygen atoms in total. The summed E-state index contributed by atoms with van der Waals surface area (Å²) in [6.45, 7) is 4.40. The fourth-order valence-corrected chi connectivity index (χ4v) is 6.03. The Labute approximate surface area is 211 Å². The Kier molecular flexibility index (Phi) is 5.53. The Hall–Kier alpha value is -4.04. The van der Waals surface area contributed by atoms with Gasteiger partial charge in [-0.1, -0.05) is 112 Å². The number of hydrogen-bond acceptors (Lipinski definition) is 2. The van der Waals surface area contributed by atoms with E-state index in [1.54, 1.807) is 0 Å². The summed E-state index contributed by atoms with van der Waals surface area (Å²) in [4.78, 5) is 0. The van der Waals surface area contributed by atoms with Crippen molar-refractivity contribution in [3.63, 3.8) is 0 Å². The number of aromatic hydroxyl groups is 2. The number of phenols is 2. The lowest BCUT2D eigenvalue weighted by molar-refractivity contribution is 0.487. The minimum Gasteiger partial charge on any atom is -0.507 e. The Balaban J connectivity index is 1.97. The van der Waals surface area contributed by atoms with Crippen molar-refractivity contribution in [3.8, 4) is 22.6 Å². The van der Waals surface area contributed by atoms with Gasteiger partial charge in [-0.15, -0.1) is 0 Å². The van der Waals surface area contributed by atoms with Gasteiger partial charge in [0.15, 0.2) is 0 Å². The Morgan fingerprint density at radius 3 is 1.19 bits per heavy atom. The molecule has 0 spiro atoms. The molecule has 0 heterocycles. The summed E-state index contributed by atoms with van der Waals surface area (Å²) in [7, 11) is 0. The molecule has 6 rings (SSSR count). The molecule has 0 radical (unpaired) electrons. The van der Waals surface area contributed by atoms with Crippen molar-refractivity contribution in [1.82, 2.24) is 0 Å². The first-order chi connectivity index (χ1) is 17.7. The summed E-state index contributed by atoms with van der Waals surface area (Å²) in [5.41, 5.74) is 4.77. The molecule has 36 heavy (non-hydrogen) atoms. The molecular weight excluding hydrogens is 440 g/mol. The van der Waals surface area contributed by atoms with Crippen LogP contribution in [0.25, 0.3) is 54.2 Å². The highest BCUT2D eigenvalue weighted by molar-refractivity contribution is 6.27. The summed E-state index contributed by atoms with van der Waals surface area (Å²) >= 11 is 0. The third-order valence-electron chi connectivity index (χ3n) is 7.50. The van der Waals surface area contributed by atoms with Crippen LogP contribution in [-0.4, -0.2) is 10.2 Å². The van der Waals surface area contributed by atoms with Gasteiger partial charge in [0.05, 0.1) is 0 Å². The maximum absolute atomic E-state index is 11.4. The average Bonchev–Trinajstić information content (AvgIpc) is 2.91. The van der Waals surface area contributed by atoms with Crippen LogP contribution in [0.5, 0.6) is 11.5 Å². The van der Waals surface area contributed by atoms with Crippen LogP contribution in [0.4, 0.5) is 0 Å². The van der Waals surface area contributed by atoms with E-state index in [0.29, 0.717) is 11.5 Å². The van der Waals surface area contributed by atoms with Crippen LogP contribution in [-0.2, 0) is 12.8 Å². The van der Waals surface area contributed by atoms with E-state index in [0.717, 1.165) is 79.9 Å². The van der Waals surface area contributed by atoms with Gasteiger partial charge in [-0.2, -0.15) is 0 Å². The van der Waals surface area contributed by atoms with Gasteiger partial charge in [-0.25, -0.2) is 0 Å². The highest BCUT2D eigenvalue weighted by atomic mass is 16.3. The lowest BCUT2D eigenvalue weighted by Gasteiger charge is -2.22. The third kappa shape index (κ3) is 3.25. The van der Waals surface area contributed by atoms with Crippen molar-refractivity contribution in [3.05, 3.63) is 96.1 Å². The van der Waals surface area contributed by atoms with E-state index in [4.69, 9.17) is 0 Å². The predicted octanol–water partition coefficient (Wildman–Crippen LogP) is 9.28. The topological polar surface area (TPSA) is 40.5 Å². The summed E-state index contributed by atoms with van der Waals surface area (Å²) < 4.78 is 0. The van der Waals surface area contributed by atoms with Gasteiger partial charge in [-0.05, 0) is 56.6 Å². The number of hydrogen-bond donors (Lipinski definition) is 2. The first-order valence-electron chi connectivity index (χ1n) is 13.0. The van der Waals surface area contributed by atoms with Crippen molar-refractivity contribution >= 4 is 43.1 Å². The number of benzene rings is 6. The number of aryl methyl sites for hydroxylation is 2. The summed E-state index contributed by atoms with van der Waals surface area (Å²) in [5.74, 6) is 0.673. The van der Waals surface area contributed by atoms with Gasteiger partial charge in [0, 0.05) is 21.5 Å². The van der Waals surface area contributed by atoms with Gasteiger partial charge < -0.3 is 10.2 Å². The molecule has 0 aliphatic rings. The van der Waals surface area contributed by atoms with Crippen molar-refractivity contribution in [2.45, 2.75) is 39.5 Å². The Morgan fingerprint density at radius 2 is 0.806 bits per heavy atom. The zero-order valence-corrected chi connectivity index (χ0v) is 20.8. The van der Waals surface area contributed by atoms with E-state index < -0.39 is 0 Å². The third-order valence-corrected chi connectivity index (χ3v) is 7.50. The molecule has 0 aromatic heterocycles. The van der Waals surface area contributed by atoms with Crippen LogP contribution in [0.3, 0.4) is 0 Å². The summed E-state index contributed by atoms with van der Waals surface area (Å²) in [5, 5.41) is 30.7. The van der Waals surface area contributed by atoms with E-state index >= 15 is 0 Å².